The molecule has 2 fully saturated rings. The van der Waals surface area contributed by atoms with Crippen molar-refractivity contribution in [3.05, 3.63) is 24.1 Å². The Bertz CT molecular complexity index is 786. The second kappa shape index (κ2) is 7.45. The molecule has 142 valence electrons. The molecule has 26 heavy (non-hydrogen) atoms. The highest BCUT2D eigenvalue weighted by atomic mass is 35.5. The SMILES string of the molecule is COc1cc2ncc(F)c(N3CCC4(CCNC4)CC3)c2cc1OC.Cl. The molecule has 0 bridgehead atoms. The summed E-state index contributed by atoms with van der Waals surface area (Å²) >= 11 is 0. The van der Waals surface area contributed by atoms with E-state index < -0.39 is 0 Å². The average Bonchev–Trinajstić information content (AvgIpc) is 3.10. The maximum Gasteiger partial charge on any atom is 0.165 e. The molecule has 2 saturated heterocycles. The largest absolute Gasteiger partial charge is 0.493 e. The van der Waals surface area contributed by atoms with Gasteiger partial charge in [0, 0.05) is 31.1 Å². The predicted octanol–water partition coefficient (Wildman–Crippen LogP) is 3.39. The first-order chi connectivity index (χ1) is 12.2. The van der Waals surface area contributed by atoms with Crippen LogP contribution >= 0.6 is 12.4 Å². The monoisotopic (exact) mass is 381 g/mol. The molecule has 0 unspecified atom stereocenters. The lowest BCUT2D eigenvalue weighted by atomic mass is 9.77. The Morgan fingerprint density at radius 3 is 2.42 bits per heavy atom. The fraction of sp³-hybridized carbons (Fsp3) is 0.526. The Balaban J connectivity index is 0.00000196. The van der Waals surface area contributed by atoms with Gasteiger partial charge < -0.3 is 19.7 Å². The van der Waals surface area contributed by atoms with E-state index in [2.05, 4.69) is 15.2 Å². The zero-order valence-electron chi connectivity index (χ0n) is 15.2. The first-order valence-electron chi connectivity index (χ1n) is 8.82. The standard InChI is InChI=1S/C19H24FN3O2.ClH/c1-24-16-9-13-15(10-17(16)25-2)22-11-14(20)18(13)23-7-4-19(5-8-23)3-6-21-12-19;/h9-11,21H,3-8,12H2,1-2H3;1H. The Morgan fingerprint density at radius 1 is 1.12 bits per heavy atom. The molecule has 0 atom stereocenters. The van der Waals surface area contributed by atoms with Crippen molar-refractivity contribution in [2.24, 2.45) is 5.41 Å². The summed E-state index contributed by atoms with van der Waals surface area (Å²) < 4.78 is 25.4. The Labute approximate surface area is 159 Å². The zero-order chi connectivity index (χ0) is 17.4. The number of ether oxygens (including phenoxy) is 2. The lowest BCUT2D eigenvalue weighted by Crippen LogP contribution is -2.41. The molecule has 0 saturated carbocycles. The summed E-state index contributed by atoms with van der Waals surface area (Å²) in [5.74, 6) is 0.923. The van der Waals surface area contributed by atoms with Gasteiger partial charge in [-0.1, -0.05) is 0 Å². The molecule has 2 aromatic rings. The van der Waals surface area contributed by atoms with Gasteiger partial charge in [-0.25, -0.2) is 4.39 Å². The number of nitrogens with one attached hydrogen (secondary N) is 1. The summed E-state index contributed by atoms with van der Waals surface area (Å²) in [4.78, 5) is 6.41. The fourth-order valence-electron chi connectivity index (χ4n) is 4.23. The van der Waals surface area contributed by atoms with Crippen molar-refractivity contribution < 1.29 is 13.9 Å². The van der Waals surface area contributed by atoms with Gasteiger partial charge in [-0.3, -0.25) is 4.98 Å². The number of rotatable bonds is 3. The van der Waals surface area contributed by atoms with Crippen LogP contribution in [0, 0.1) is 11.2 Å². The molecule has 1 aromatic heterocycles. The molecule has 2 aliphatic rings. The van der Waals surface area contributed by atoms with E-state index in [1.807, 2.05) is 12.1 Å². The molecule has 0 radical (unpaired) electrons. The highest BCUT2D eigenvalue weighted by Crippen LogP contribution is 2.42. The molecule has 3 heterocycles. The predicted molar refractivity (Wildman–Crippen MR) is 103 cm³/mol. The van der Waals surface area contributed by atoms with E-state index in [9.17, 15) is 4.39 Å². The highest BCUT2D eigenvalue weighted by molar-refractivity contribution is 5.94. The van der Waals surface area contributed by atoms with Crippen LogP contribution in [0.15, 0.2) is 18.3 Å². The van der Waals surface area contributed by atoms with E-state index in [-0.39, 0.29) is 18.2 Å². The lowest BCUT2D eigenvalue weighted by molar-refractivity contribution is 0.247. The number of hydrogen-bond acceptors (Lipinski definition) is 5. The minimum atomic E-state index is -0.278. The third-order valence-corrected chi connectivity index (χ3v) is 5.77. The number of halogens is 2. The third-order valence-electron chi connectivity index (χ3n) is 5.77. The molecule has 1 aromatic carbocycles. The Morgan fingerprint density at radius 2 is 1.81 bits per heavy atom. The maximum atomic E-state index is 14.7. The van der Waals surface area contributed by atoms with E-state index in [1.54, 1.807) is 14.2 Å². The molecule has 0 aliphatic carbocycles. The smallest absolute Gasteiger partial charge is 0.165 e. The van der Waals surface area contributed by atoms with Gasteiger partial charge in [0.1, 0.15) is 0 Å². The molecular weight excluding hydrogens is 357 g/mol. The van der Waals surface area contributed by atoms with Gasteiger partial charge >= 0.3 is 0 Å². The minimum absolute atomic E-state index is 0. The lowest BCUT2D eigenvalue weighted by Gasteiger charge is -2.40. The quantitative estimate of drug-likeness (QED) is 0.883. The molecular formula is C19H25ClFN3O2. The van der Waals surface area contributed by atoms with Gasteiger partial charge in [0.2, 0.25) is 0 Å². The molecule has 0 amide bonds. The van der Waals surface area contributed by atoms with E-state index in [4.69, 9.17) is 9.47 Å². The average molecular weight is 382 g/mol. The highest BCUT2D eigenvalue weighted by Gasteiger charge is 2.37. The fourth-order valence-corrected chi connectivity index (χ4v) is 4.23. The van der Waals surface area contributed by atoms with E-state index >= 15 is 0 Å². The van der Waals surface area contributed by atoms with Crippen molar-refractivity contribution in [3.8, 4) is 11.5 Å². The van der Waals surface area contributed by atoms with E-state index in [0.29, 0.717) is 22.6 Å². The van der Waals surface area contributed by atoms with Crippen LogP contribution in [0.1, 0.15) is 19.3 Å². The van der Waals surface area contributed by atoms with Crippen molar-refractivity contribution in [1.29, 1.82) is 0 Å². The van der Waals surface area contributed by atoms with Crippen LogP contribution in [0.25, 0.3) is 10.9 Å². The molecule has 1 N–H and O–H groups in total. The normalized spacial score (nSPS) is 18.8. The van der Waals surface area contributed by atoms with Crippen LogP contribution in [0.4, 0.5) is 10.1 Å². The number of piperidine rings is 1. The number of fused-ring (bicyclic) bond motifs is 1. The second-order valence-electron chi connectivity index (χ2n) is 7.09. The third kappa shape index (κ3) is 3.16. The van der Waals surface area contributed by atoms with Gasteiger partial charge in [-0.2, -0.15) is 0 Å². The zero-order valence-corrected chi connectivity index (χ0v) is 16.0. The van der Waals surface area contributed by atoms with Crippen molar-refractivity contribution in [2.75, 3.05) is 45.3 Å². The number of anilines is 1. The summed E-state index contributed by atoms with van der Waals surface area (Å²) in [5.41, 5.74) is 1.75. The molecule has 7 heteroatoms. The molecule has 1 spiro atoms. The Hall–Kier alpha value is -1.79. The maximum absolute atomic E-state index is 14.7. The summed E-state index contributed by atoms with van der Waals surface area (Å²) in [5, 5.41) is 4.25. The molecule has 5 nitrogen and oxygen atoms in total. The first kappa shape index (κ1) is 19.0. The number of benzene rings is 1. The van der Waals surface area contributed by atoms with Crippen LogP contribution in [-0.4, -0.2) is 45.4 Å². The van der Waals surface area contributed by atoms with Crippen molar-refractivity contribution >= 4 is 29.0 Å². The number of hydrogen-bond donors (Lipinski definition) is 1. The summed E-state index contributed by atoms with van der Waals surface area (Å²) in [7, 11) is 3.18. The summed E-state index contributed by atoms with van der Waals surface area (Å²) in [6, 6.07) is 3.64. The van der Waals surface area contributed by atoms with Crippen LogP contribution in [-0.2, 0) is 0 Å². The van der Waals surface area contributed by atoms with Crippen LogP contribution in [0.5, 0.6) is 11.5 Å². The minimum Gasteiger partial charge on any atom is -0.493 e. The van der Waals surface area contributed by atoms with E-state index in [0.717, 1.165) is 49.9 Å². The number of pyridine rings is 1. The molecule has 4 rings (SSSR count). The number of aromatic nitrogens is 1. The number of nitrogens with zero attached hydrogens (tertiary/aromatic N) is 2. The van der Waals surface area contributed by atoms with Crippen LogP contribution in [0.3, 0.4) is 0 Å². The van der Waals surface area contributed by atoms with Gasteiger partial charge in [-0.15, -0.1) is 12.4 Å². The van der Waals surface area contributed by atoms with Crippen LogP contribution in [0.2, 0.25) is 0 Å². The number of methoxy groups -OCH3 is 2. The van der Waals surface area contributed by atoms with Crippen molar-refractivity contribution in [3.63, 3.8) is 0 Å². The van der Waals surface area contributed by atoms with Gasteiger partial charge in [0.25, 0.3) is 0 Å². The van der Waals surface area contributed by atoms with Crippen molar-refractivity contribution in [1.82, 2.24) is 10.3 Å². The summed E-state index contributed by atoms with van der Waals surface area (Å²) in [6.07, 6.45) is 4.73. The van der Waals surface area contributed by atoms with Gasteiger partial charge in [-0.05, 0) is 37.3 Å². The molecule has 2 aliphatic heterocycles. The van der Waals surface area contributed by atoms with Gasteiger partial charge in [0.05, 0.1) is 31.6 Å². The van der Waals surface area contributed by atoms with Gasteiger partial charge in [0.15, 0.2) is 17.3 Å². The van der Waals surface area contributed by atoms with E-state index in [1.165, 1.54) is 12.6 Å². The Kier molecular flexibility index (Phi) is 5.44. The second-order valence-corrected chi connectivity index (χ2v) is 7.09. The van der Waals surface area contributed by atoms with Crippen LogP contribution < -0.4 is 19.7 Å². The summed E-state index contributed by atoms with van der Waals surface area (Å²) in [6.45, 7) is 3.92. The topological polar surface area (TPSA) is 46.6 Å². The first-order valence-corrected chi connectivity index (χ1v) is 8.82. The van der Waals surface area contributed by atoms with Crippen molar-refractivity contribution in [2.45, 2.75) is 19.3 Å².